The fraction of sp³-hybridized carbons (Fsp3) is 0.300. The summed E-state index contributed by atoms with van der Waals surface area (Å²) in [6.07, 6.45) is 3.28. The molecule has 3 nitrogen and oxygen atoms in total. The fourth-order valence-electron chi connectivity index (χ4n) is 0.796. The standard InChI is InChI=1S/C10H13NO2/c1-8(2)7-13-10-4-9(12-3)5-11-6-10/h4-6H,1,7H2,2-3H3. The Labute approximate surface area is 78.0 Å². The molecule has 0 fully saturated rings. The lowest BCUT2D eigenvalue weighted by Gasteiger charge is -2.06. The van der Waals surface area contributed by atoms with Gasteiger partial charge < -0.3 is 9.47 Å². The molecule has 70 valence electrons. The predicted octanol–water partition coefficient (Wildman–Crippen LogP) is 2.05. The molecule has 0 spiro atoms. The molecule has 0 aliphatic carbocycles. The second-order valence-corrected chi connectivity index (χ2v) is 2.81. The van der Waals surface area contributed by atoms with Gasteiger partial charge in [-0.05, 0) is 12.5 Å². The second kappa shape index (κ2) is 4.50. The Morgan fingerprint density at radius 2 is 2.15 bits per heavy atom. The van der Waals surface area contributed by atoms with Crippen molar-refractivity contribution in [2.75, 3.05) is 13.7 Å². The van der Waals surface area contributed by atoms with Crippen molar-refractivity contribution in [2.24, 2.45) is 0 Å². The smallest absolute Gasteiger partial charge is 0.141 e. The minimum Gasteiger partial charge on any atom is -0.495 e. The average Bonchev–Trinajstić information content (AvgIpc) is 2.15. The summed E-state index contributed by atoms with van der Waals surface area (Å²) in [6, 6.07) is 1.79. The number of aromatic nitrogens is 1. The molecule has 0 saturated carbocycles. The summed E-state index contributed by atoms with van der Waals surface area (Å²) in [6.45, 7) is 6.16. The van der Waals surface area contributed by atoms with Crippen LogP contribution >= 0.6 is 0 Å². The van der Waals surface area contributed by atoms with E-state index in [1.165, 1.54) is 0 Å². The number of hydrogen-bond donors (Lipinski definition) is 0. The summed E-state index contributed by atoms with van der Waals surface area (Å²) in [5.74, 6) is 1.39. The molecule has 1 rings (SSSR count). The number of nitrogens with zero attached hydrogens (tertiary/aromatic N) is 1. The van der Waals surface area contributed by atoms with Crippen molar-refractivity contribution in [2.45, 2.75) is 6.92 Å². The molecule has 3 heteroatoms. The maximum atomic E-state index is 5.37. The molecule has 0 N–H and O–H groups in total. The SMILES string of the molecule is C=C(C)COc1cncc(OC)c1. The molecule has 0 atom stereocenters. The highest BCUT2D eigenvalue weighted by Gasteiger charge is 1.96. The molecule has 0 radical (unpaired) electrons. The Morgan fingerprint density at radius 1 is 1.46 bits per heavy atom. The van der Waals surface area contributed by atoms with Gasteiger partial charge in [0.05, 0.1) is 19.5 Å². The van der Waals surface area contributed by atoms with Crippen LogP contribution in [0.1, 0.15) is 6.92 Å². The topological polar surface area (TPSA) is 31.4 Å². The zero-order valence-corrected chi connectivity index (χ0v) is 7.91. The van der Waals surface area contributed by atoms with Crippen molar-refractivity contribution < 1.29 is 9.47 Å². The van der Waals surface area contributed by atoms with Gasteiger partial charge in [0.2, 0.25) is 0 Å². The van der Waals surface area contributed by atoms with Gasteiger partial charge in [-0.3, -0.25) is 4.98 Å². The van der Waals surface area contributed by atoms with E-state index in [1.807, 2.05) is 6.92 Å². The lowest BCUT2D eigenvalue weighted by Crippen LogP contribution is -1.98. The molecule has 0 aromatic carbocycles. The molecule has 0 aliphatic rings. The maximum absolute atomic E-state index is 5.37. The Kier molecular flexibility index (Phi) is 3.31. The van der Waals surface area contributed by atoms with Crippen molar-refractivity contribution in [3.05, 3.63) is 30.6 Å². The molecule has 1 heterocycles. The monoisotopic (exact) mass is 179 g/mol. The van der Waals surface area contributed by atoms with Crippen LogP contribution in [0.4, 0.5) is 0 Å². The van der Waals surface area contributed by atoms with E-state index in [0.717, 1.165) is 5.57 Å². The van der Waals surface area contributed by atoms with E-state index in [-0.39, 0.29) is 0 Å². The number of methoxy groups -OCH3 is 1. The molecule has 0 saturated heterocycles. The fourth-order valence-corrected chi connectivity index (χ4v) is 0.796. The van der Waals surface area contributed by atoms with Crippen LogP contribution in [0.2, 0.25) is 0 Å². The molecular formula is C10H13NO2. The maximum Gasteiger partial charge on any atom is 0.141 e. The van der Waals surface area contributed by atoms with Crippen molar-refractivity contribution in [3.63, 3.8) is 0 Å². The molecule has 13 heavy (non-hydrogen) atoms. The van der Waals surface area contributed by atoms with Gasteiger partial charge in [0.1, 0.15) is 18.1 Å². The molecule has 1 aromatic heterocycles. The van der Waals surface area contributed by atoms with Crippen LogP contribution in [-0.4, -0.2) is 18.7 Å². The zero-order valence-electron chi connectivity index (χ0n) is 7.91. The Hall–Kier alpha value is -1.51. The first-order chi connectivity index (χ1) is 6.22. The largest absolute Gasteiger partial charge is 0.495 e. The van der Waals surface area contributed by atoms with Gasteiger partial charge in [0, 0.05) is 6.07 Å². The summed E-state index contributed by atoms with van der Waals surface area (Å²) >= 11 is 0. The van der Waals surface area contributed by atoms with Crippen LogP contribution in [0.25, 0.3) is 0 Å². The predicted molar refractivity (Wildman–Crippen MR) is 51.1 cm³/mol. The van der Waals surface area contributed by atoms with Gasteiger partial charge in [0.15, 0.2) is 0 Å². The Balaban J connectivity index is 2.61. The Morgan fingerprint density at radius 3 is 2.77 bits per heavy atom. The van der Waals surface area contributed by atoms with Gasteiger partial charge >= 0.3 is 0 Å². The molecule has 0 bridgehead atoms. The van der Waals surface area contributed by atoms with Gasteiger partial charge in [-0.25, -0.2) is 0 Å². The molecular weight excluding hydrogens is 166 g/mol. The number of pyridine rings is 1. The van der Waals surface area contributed by atoms with E-state index >= 15 is 0 Å². The van der Waals surface area contributed by atoms with Crippen molar-refractivity contribution in [3.8, 4) is 11.5 Å². The summed E-state index contributed by atoms with van der Waals surface area (Å²) < 4.78 is 10.4. The second-order valence-electron chi connectivity index (χ2n) is 2.81. The highest BCUT2D eigenvalue weighted by molar-refractivity contribution is 5.28. The average molecular weight is 179 g/mol. The van der Waals surface area contributed by atoms with Gasteiger partial charge in [-0.15, -0.1) is 0 Å². The third-order valence-electron chi connectivity index (χ3n) is 1.41. The van der Waals surface area contributed by atoms with Crippen molar-refractivity contribution in [1.29, 1.82) is 0 Å². The molecule has 0 amide bonds. The molecule has 0 aliphatic heterocycles. The van der Waals surface area contributed by atoms with Crippen LogP contribution in [-0.2, 0) is 0 Å². The normalized spacial score (nSPS) is 9.38. The van der Waals surface area contributed by atoms with E-state index < -0.39 is 0 Å². The first-order valence-electron chi connectivity index (χ1n) is 3.98. The van der Waals surface area contributed by atoms with E-state index in [2.05, 4.69) is 11.6 Å². The van der Waals surface area contributed by atoms with E-state index in [1.54, 1.807) is 25.6 Å². The summed E-state index contributed by atoms with van der Waals surface area (Å²) in [5.41, 5.74) is 0.975. The first kappa shape index (κ1) is 9.58. The van der Waals surface area contributed by atoms with Crippen LogP contribution in [0.3, 0.4) is 0 Å². The summed E-state index contributed by atoms with van der Waals surface area (Å²) in [4.78, 5) is 3.95. The van der Waals surface area contributed by atoms with Gasteiger partial charge in [-0.2, -0.15) is 0 Å². The highest BCUT2D eigenvalue weighted by Crippen LogP contribution is 2.16. The summed E-state index contributed by atoms with van der Waals surface area (Å²) in [5, 5.41) is 0. The third-order valence-corrected chi connectivity index (χ3v) is 1.41. The number of hydrogen-bond acceptors (Lipinski definition) is 3. The molecule has 1 aromatic rings. The minimum atomic E-state index is 0.509. The summed E-state index contributed by atoms with van der Waals surface area (Å²) in [7, 11) is 1.60. The van der Waals surface area contributed by atoms with Crippen LogP contribution in [0, 0.1) is 0 Å². The Bertz CT molecular complexity index is 297. The van der Waals surface area contributed by atoms with Crippen molar-refractivity contribution in [1.82, 2.24) is 4.98 Å². The highest BCUT2D eigenvalue weighted by atomic mass is 16.5. The van der Waals surface area contributed by atoms with Gasteiger partial charge in [-0.1, -0.05) is 6.58 Å². The third kappa shape index (κ3) is 3.15. The lowest BCUT2D eigenvalue weighted by molar-refractivity contribution is 0.345. The quantitative estimate of drug-likeness (QED) is 0.663. The molecule has 0 unspecified atom stereocenters. The van der Waals surface area contributed by atoms with Crippen LogP contribution in [0.5, 0.6) is 11.5 Å². The van der Waals surface area contributed by atoms with E-state index in [0.29, 0.717) is 18.1 Å². The number of rotatable bonds is 4. The van der Waals surface area contributed by atoms with Crippen LogP contribution < -0.4 is 9.47 Å². The zero-order chi connectivity index (χ0) is 9.68. The lowest BCUT2D eigenvalue weighted by atomic mass is 10.4. The van der Waals surface area contributed by atoms with E-state index in [4.69, 9.17) is 9.47 Å². The van der Waals surface area contributed by atoms with Crippen LogP contribution in [0.15, 0.2) is 30.6 Å². The van der Waals surface area contributed by atoms with E-state index in [9.17, 15) is 0 Å². The van der Waals surface area contributed by atoms with Crippen molar-refractivity contribution >= 4 is 0 Å². The number of ether oxygens (including phenoxy) is 2. The minimum absolute atomic E-state index is 0.509. The first-order valence-corrected chi connectivity index (χ1v) is 3.98. The van der Waals surface area contributed by atoms with Gasteiger partial charge in [0.25, 0.3) is 0 Å².